The van der Waals surface area contributed by atoms with Crippen LogP contribution in [-0.4, -0.2) is 12.5 Å². The summed E-state index contributed by atoms with van der Waals surface area (Å²) in [6, 6.07) is 3.22. The lowest BCUT2D eigenvalue weighted by atomic mass is 10.2. The number of carbonyl (C=O) groups excluding carboxylic acids is 1. The van der Waals surface area contributed by atoms with Crippen molar-refractivity contribution < 1.29 is 9.53 Å². The SMILES string of the molecule is Nc1cc(Cl)c2c(c1)NC(=O)CCO2. The van der Waals surface area contributed by atoms with E-state index in [1.807, 2.05) is 0 Å². The van der Waals surface area contributed by atoms with Gasteiger partial charge in [0.05, 0.1) is 23.7 Å². The van der Waals surface area contributed by atoms with Crippen molar-refractivity contribution in [2.45, 2.75) is 6.42 Å². The summed E-state index contributed by atoms with van der Waals surface area (Å²) in [5.74, 6) is 0.400. The van der Waals surface area contributed by atoms with E-state index in [1.165, 1.54) is 0 Å². The highest BCUT2D eigenvalue weighted by atomic mass is 35.5. The summed E-state index contributed by atoms with van der Waals surface area (Å²) >= 11 is 5.91. The van der Waals surface area contributed by atoms with Crippen LogP contribution in [0.4, 0.5) is 11.4 Å². The monoisotopic (exact) mass is 212 g/mol. The number of fused-ring (bicyclic) bond motifs is 1. The zero-order chi connectivity index (χ0) is 10.1. The minimum absolute atomic E-state index is 0.0922. The Hall–Kier alpha value is -1.42. The van der Waals surface area contributed by atoms with Crippen molar-refractivity contribution in [1.29, 1.82) is 0 Å². The zero-order valence-electron chi connectivity index (χ0n) is 7.34. The fourth-order valence-electron chi connectivity index (χ4n) is 1.31. The first-order chi connectivity index (χ1) is 6.66. The van der Waals surface area contributed by atoms with E-state index in [-0.39, 0.29) is 5.91 Å². The van der Waals surface area contributed by atoms with Gasteiger partial charge in [-0.2, -0.15) is 0 Å². The zero-order valence-corrected chi connectivity index (χ0v) is 8.10. The molecule has 74 valence electrons. The van der Waals surface area contributed by atoms with E-state index in [2.05, 4.69) is 5.32 Å². The van der Waals surface area contributed by atoms with Gasteiger partial charge in [0, 0.05) is 5.69 Å². The molecule has 0 unspecified atom stereocenters. The van der Waals surface area contributed by atoms with Gasteiger partial charge in [0.1, 0.15) is 0 Å². The number of rotatable bonds is 0. The Labute approximate surface area is 86.0 Å². The van der Waals surface area contributed by atoms with Crippen molar-refractivity contribution in [3.8, 4) is 5.75 Å². The molecule has 3 N–H and O–H groups in total. The topological polar surface area (TPSA) is 64.3 Å². The van der Waals surface area contributed by atoms with Crippen molar-refractivity contribution in [3.63, 3.8) is 0 Å². The lowest BCUT2D eigenvalue weighted by Gasteiger charge is -2.09. The molecule has 1 aliphatic rings. The van der Waals surface area contributed by atoms with E-state index in [0.717, 1.165) is 0 Å². The standard InChI is InChI=1S/C9H9ClN2O2/c10-6-3-5(11)4-7-9(6)14-2-1-8(13)12-7/h3-4H,1-2,11H2,(H,12,13). The molecule has 0 aromatic heterocycles. The van der Waals surface area contributed by atoms with Crippen LogP contribution < -0.4 is 15.8 Å². The molecule has 0 radical (unpaired) electrons. The molecule has 4 nitrogen and oxygen atoms in total. The van der Waals surface area contributed by atoms with Gasteiger partial charge in [-0.25, -0.2) is 0 Å². The van der Waals surface area contributed by atoms with Crippen molar-refractivity contribution in [2.75, 3.05) is 17.7 Å². The summed E-state index contributed by atoms with van der Waals surface area (Å²) in [5, 5.41) is 3.09. The largest absolute Gasteiger partial charge is 0.489 e. The molecule has 0 saturated heterocycles. The number of carbonyl (C=O) groups is 1. The van der Waals surface area contributed by atoms with Crippen LogP contribution in [0.3, 0.4) is 0 Å². The Bertz CT molecular complexity index is 393. The Kier molecular flexibility index (Phi) is 2.21. The second-order valence-electron chi connectivity index (χ2n) is 3.03. The van der Waals surface area contributed by atoms with E-state index < -0.39 is 0 Å². The van der Waals surface area contributed by atoms with E-state index in [0.29, 0.717) is 35.2 Å². The van der Waals surface area contributed by atoms with Crippen LogP contribution in [0, 0.1) is 0 Å². The van der Waals surface area contributed by atoms with Gasteiger partial charge in [-0.05, 0) is 12.1 Å². The maximum Gasteiger partial charge on any atom is 0.227 e. The van der Waals surface area contributed by atoms with Gasteiger partial charge in [-0.15, -0.1) is 0 Å². The summed E-state index contributed by atoms with van der Waals surface area (Å²) in [4.78, 5) is 11.2. The second-order valence-corrected chi connectivity index (χ2v) is 3.43. The number of nitrogen functional groups attached to an aromatic ring is 1. The highest BCUT2D eigenvalue weighted by Gasteiger charge is 2.16. The van der Waals surface area contributed by atoms with Crippen molar-refractivity contribution >= 4 is 28.9 Å². The highest BCUT2D eigenvalue weighted by molar-refractivity contribution is 6.33. The van der Waals surface area contributed by atoms with E-state index in [1.54, 1.807) is 12.1 Å². The van der Waals surface area contributed by atoms with E-state index in [9.17, 15) is 4.79 Å². The predicted octanol–water partition coefficient (Wildman–Crippen LogP) is 1.64. The molecule has 0 atom stereocenters. The van der Waals surface area contributed by atoms with Crippen LogP contribution in [0.15, 0.2) is 12.1 Å². The molecule has 2 rings (SSSR count). The lowest BCUT2D eigenvalue weighted by Crippen LogP contribution is -2.10. The van der Waals surface area contributed by atoms with Crippen molar-refractivity contribution in [2.24, 2.45) is 0 Å². The van der Waals surface area contributed by atoms with Crippen LogP contribution in [0.2, 0.25) is 5.02 Å². The number of benzene rings is 1. The normalized spacial score (nSPS) is 15.1. The third-order valence-corrected chi connectivity index (χ3v) is 2.20. The number of hydrogen-bond acceptors (Lipinski definition) is 3. The summed E-state index contributed by atoms with van der Waals surface area (Å²) in [7, 11) is 0. The molecule has 1 heterocycles. The third-order valence-electron chi connectivity index (χ3n) is 1.92. The number of halogens is 1. The van der Waals surface area contributed by atoms with E-state index in [4.69, 9.17) is 22.1 Å². The lowest BCUT2D eigenvalue weighted by molar-refractivity contribution is -0.116. The average Bonchev–Trinajstić information content (AvgIpc) is 2.25. The molecule has 0 bridgehead atoms. The van der Waals surface area contributed by atoms with Gasteiger partial charge in [0.25, 0.3) is 0 Å². The Balaban J connectivity index is 2.50. The van der Waals surface area contributed by atoms with Gasteiger partial charge < -0.3 is 15.8 Å². The summed E-state index contributed by atoms with van der Waals surface area (Å²) in [6.45, 7) is 0.336. The first kappa shape index (κ1) is 9.15. The van der Waals surface area contributed by atoms with Crippen LogP contribution in [0.5, 0.6) is 5.75 Å². The average molecular weight is 213 g/mol. The van der Waals surface area contributed by atoms with Gasteiger partial charge in [0.15, 0.2) is 5.75 Å². The van der Waals surface area contributed by atoms with Crippen LogP contribution in [0.25, 0.3) is 0 Å². The molecule has 1 aliphatic heterocycles. The molecule has 1 aromatic carbocycles. The smallest absolute Gasteiger partial charge is 0.227 e. The van der Waals surface area contributed by atoms with Crippen LogP contribution in [-0.2, 0) is 4.79 Å². The first-order valence-electron chi connectivity index (χ1n) is 4.18. The van der Waals surface area contributed by atoms with Gasteiger partial charge in [0.2, 0.25) is 5.91 Å². The van der Waals surface area contributed by atoms with Gasteiger partial charge in [-0.3, -0.25) is 4.79 Å². The summed E-state index contributed by atoms with van der Waals surface area (Å²) < 4.78 is 5.33. The number of amides is 1. The van der Waals surface area contributed by atoms with Gasteiger partial charge >= 0.3 is 0 Å². The molecule has 0 fully saturated rings. The Morgan fingerprint density at radius 3 is 3.07 bits per heavy atom. The molecular formula is C9H9ClN2O2. The molecular weight excluding hydrogens is 204 g/mol. The number of nitrogens with one attached hydrogen (secondary N) is 1. The predicted molar refractivity (Wildman–Crippen MR) is 54.6 cm³/mol. The molecule has 1 aromatic rings. The van der Waals surface area contributed by atoms with Crippen LogP contribution >= 0.6 is 11.6 Å². The maximum absolute atomic E-state index is 11.2. The molecule has 14 heavy (non-hydrogen) atoms. The quantitative estimate of drug-likeness (QED) is 0.643. The molecule has 0 aliphatic carbocycles. The summed E-state index contributed by atoms with van der Waals surface area (Å²) in [5.41, 5.74) is 6.63. The minimum Gasteiger partial charge on any atom is -0.489 e. The molecule has 5 heteroatoms. The van der Waals surface area contributed by atoms with E-state index >= 15 is 0 Å². The number of anilines is 2. The van der Waals surface area contributed by atoms with Crippen molar-refractivity contribution in [3.05, 3.63) is 17.2 Å². The number of ether oxygens (including phenoxy) is 1. The Morgan fingerprint density at radius 1 is 1.50 bits per heavy atom. The highest BCUT2D eigenvalue weighted by Crippen LogP contribution is 2.36. The van der Waals surface area contributed by atoms with Crippen molar-refractivity contribution in [1.82, 2.24) is 0 Å². The maximum atomic E-state index is 11.2. The molecule has 0 saturated carbocycles. The van der Waals surface area contributed by atoms with Crippen LogP contribution in [0.1, 0.15) is 6.42 Å². The molecule has 1 amide bonds. The number of hydrogen-bond donors (Lipinski definition) is 2. The second kappa shape index (κ2) is 3.38. The fourth-order valence-corrected chi connectivity index (χ4v) is 1.59. The minimum atomic E-state index is -0.0922. The van der Waals surface area contributed by atoms with Gasteiger partial charge in [-0.1, -0.05) is 11.6 Å². The first-order valence-corrected chi connectivity index (χ1v) is 4.56. The summed E-state index contributed by atoms with van der Waals surface area (Å²) in [6.07, 6.45) is 0.324. The fraction of sp³-hybridized carbons (Fsp3) is 0.222. The number of nitrogens with two attached hydrogens (primary N) is 1. The molecule has 0 spiro atoms. The third kappa shape index (κ3) is 1.61. The Morgan fingerprint density at radius 2 is 2.29 bits per heavy atom.